The van der Waals surface area contributed by atoms with Crippen LogP contribution in [0.5, 0.6) is 0 Å². The Bertz CT molecular complexity index is 879. The molecule has 2 aromatic rings. The molecule has 0 saturated heterocycles. The fourth-order valence-corrected chi connectivity index (χ4v) is 3.02. The molecule has 24 heavy (non-hydrogen) atoms. The summed E-state index contributed by atoms with van der Waals surface area (Å²) in [4.78, 5) is 11.8. The van der Waals surface area contributed by atoms with Crippen LogP contribution in [-0.2, 0) is 14.6 Å². The number of hydrogen-bond donors (Lipinski definition) is 2. The Morgan fingerprint density at radius 1 is 1.08 bits per heavy atom. The average Bonchev–Trinajstić information content (AvgIpc) is 2.49. The van der Waals surface area contributed by atoms with Gasteiger partial charge in [-0.2, -0.15) is 0 Å². The highest BCUT2D eigenvalue weighted by atomic mass is 32.2. The second kappa shape index (κ2) is 7.00. The highest BCUT2D eigenvalue weighted by molar-refractivity contribution is 7.90. The molecule has 2 aromatic carbocycles. The van der Waals surface area contributed by atoms with Crippen LogP contribution in [0.25, 0.3) is 0 Å². The van der Waals surface area contributed by atoms with Crippen molar-refractivity contribution in [2.24, 2.45) is 0 Å². The Hall–Kier alpha value is -2.41. The van der Waals surface area contributed by atoms with Gasteiger partial charge in [-0.05, 0) is 55.3 Å². The van der Waals surface area contributed by atoms with E-state index in [2.05, 4.69) is 10.6 Å². The minimum atomic E-state index is -3.61. The average molecular weight is 350 g/mol. The molecule has 5 nitrogen and oxygen atoms in total. The molecule has 2 N–H and O–H groups in total. The van der Waals surface area contributed by atoms with Gasteiger partial charge in [-0.1, -0.05) is 6.07 Å². The summed E-state index contributed by atoms with van der Waals surface area (Å²) in [5.41, 5.74) is 3.02. The lowest BCUT2D eigenvalue weighted by atomic mass is 10.1. The predicted octanol–water partition coefficient (Wildman–Crippen LogP) is 2.90. The summed E-state index contributed by atoms with van der Waals surface area (Å²) in [5.74, 6) is -0.984. The zero-order valence-corrected chi connectivity index (χ0v) is 14.5. The number of nitrogens with one attached hydrogen (secondary N) is 2. The van der Waals surface area contributed by atoms with Crippen LogP contribution >= 0.6 is 0 Å². The van der Waals surface area contributed by atoms with Gasteiger partial charge in [0.1, 0.15) is 5.82 Å². The summed E-state index contributed by atoms with van der Waals surface area (Å²) in [7, 11) is -3.61. The van der Waals surface area contributed by atoms with Crippen LogP contribution in [-0.4, -0.2) is 27.1 Å². The minimum absolute atomic E-state index is 0.138. The van der Waals surface area contributed by atoms with Crippen LogP contribution in [0.2, 0.25) is 0 Å². The van der Waals surface area contributed by atoms with Gasteiger partial charge in [0.25, 0.3) is 0 Å². The summed E-state index contributed by atoms with van der Waals surface area (Å²) >= 11 is 0. The smallest absolute Gasteiger partial charge is 0.243 e. The molecule has 0 unspecified atom stereocenters. The van der Waals surface area contributed by atoms with Gasteiger partial charge in [0, 0.05) is 11.9 Å². The molecule has 0 radical (unpaired) electrons. The van der Waals surface area contributed by atoms with Crippen molar-refractivity contribution in [3.05, 3.63) is 53.3 Å². The van der Waals surface area contributed by atoms with E-state index in [1.54, 1.807) is 6.07 Å². The molecule has 0 aliphatic carbocycles. The molecule has 0 aliphatic rings. The molecule has 0 spiro atoms. The van der Waals surface area contributed by atoms with Gasteiger partial charge in [0.15, 0.2) is 9.84 Å². The fraction of sp³-hybridized carbons (Fsp3) is 0.235. The normalized spacial score (nSPS) is 11.2. The van der Waals surface area contributed by atoms with Crippen molar-refractivity contribution < 1.29 is 17.6 Å². The largest absolute Gasteiger partial charge is 0.375 e. The first-order chi connectivity index (χ1) is 11.2. The Kier molecular flexibility index (Phi) is 5.23. The van der Waals surface area contributed by atoms with E-state index in [1.165, 1.54) is 6.07 Å². The lowest BCUT2D eigenvalue weighted by molar-refractivity contribution is -0.114. The Morgan fingerprint density at radius 2 is 1.79 bits per heavy atom. The highest BCUT2D eigenvalue weighted by Crippen LogP contribution is 2.22. The molecule has 0 aromatic heterocycles. The number of sulfone groups is 1. The molecule has 0 heterocycles. The molecule has 2 rings (SSSR count). The zero-order valence-electron chi connectivity index (χ0n) is 13.7. The third kappa shape index (κ3) is 4.55. The van der Waals surface area contributed by atoms with Gasteiger partial charge in [-0.3, -0.25) is 4.79 Å². The SMILES string of the molecule is Cc1ccc(NC(=O)CNc2ccc(F)cc2S(C)(=O)=O)cc1C. The van der Waals surface area contributed by atoms with E-state index in [9.17, 15) is 17.6 Å². The van der Waals surface area contributed by atoms with Crippen molar-refractivity contribution in [1.29, 1.82) is 0 Å². The van der Waals surface area contributed by atoms with Gasteiger partial charge >= 0.3 is 0 Å². The Labute approximate surface area is 140 Å². The van der Waals surface area contributed by atoms with Gasteiger partial charge in [0.2, 0.25) is 5.91 Å². The van der Waals surface area contributed by atoms with Crippen molar-refractivity contribution >= 4 is 27.1 Å². The van der Waals surface area contributed by atoms with Crippen LogP contribution < -0.4 is 10.6 Å². The first-order valence-corrected chi connectivity index (χ1v) is 9.16. The number of anilines is 2. The van der Waals surface area contributed by atoms with Crippen LogP contribution in [0.1, 0.15) is 11.1 Å². The number of carbonyl (C=O) groups excluding carboxylic acids is 1. The number of amides is 1. The maximum absolute atomic E-state index is 13.3. The van der Waals surface area contributed by atoms with E-state index >= 15 is 0 Å². The van der Waals surface area contributed by atoms with Gasteiger partial charge < -0.3 is 10.6 Å². The molecule has 0 atom stereocenters. The molecule has 0 fully saturated rings. The first-order valence-electron chi connectivity index (χ1n) is 7.27. The molecule has 1 amide bonds. The minimum Gasteiger partial charge on any atom is -0.375 e. The number of benzene rings is 2. The molecule has 0 saturated carbocycles. The van der Waals surface area contributed by atoms with Gasteiger partial charge in [-0.25, -0.2) is 12.8 Å². The van der Waals surface area contributed by atoms with Gasteiger partial charge in [0.05, 0.1) is 17.1 Å². The second-order valence-electron chi connectivity index (χ2n) is 5.61. The Balaban J connectivity index is 2.08. The number of aryl methyl sites for hydroxylation is 2. The van der Waals surface area contributed by atoms with E-state index in [0.29, 0.717) is 5.69 Å². The quantitative estimate of drug-likeness (QED) is 0.869. The van der Waals surface area contributed by atoms with Crippen LogP contribution in [0, 0.1) is 19.7 Å². The summed E-state index contributed by atoms with van der Waals surface area (Å²) in [6.45, 7) is 3.78. The van der Waals surface area contributed by atoms with E-state index in [0.717, 1.165) is 29.5 Å². The summed E-state index contributed by atoms with van der Waals surface area (Å²) in [6.07, 6.45) is 0.988. The van der Waals surface area contributed by atoms with E-state index in [-0.39, 0.29) is 23.0 Å². The number of hydrogen-bond acceptors (Lipinski definition) is 4. The summed E-state index contributed by atoms with van der Waals surface area (Å²) in [6, 6.07) is 8.92. The molecule has 128 valence electrons. The molecular weight excluding hydrogens is 331 g/mol. The second-order valence-corrected chi connectivity index (χ2v) is 7.60. The predicted molar refractivity (Wildman–Crippen MR) is 92.5 cm³/mol. The Morgan fingerprint density at radius 3 is 2.42 bits per heavy atom. The first kappa shape index (κ1) is 17.9. The van der Waals surface area contributed by atoms with Crippen LogP contribution in [0.4, 0.5) is 15.8 Å². The van der Waals surface area contributed by atoms with Crippen molar-refractivity contribution in [3.63, 3.8) is 0 Å². The fourth-order valence-electron chi connectivity index (χ4n) is 2.15. The van der Waals surface area contributed by atoms with Crippen LogP contribution in [0.3, 0.4) is 0 Å². The van der Waals surface area contributed by atoms with Crippen LogP contribution in [0.15, 0.2) is 41.3 Å². The van der Waals surface area contributed by atoms with Crippen molar-refractivity contribution in [3.8, 4) is 0 Å². The number of carbonyl (C=O) groups is 1. The van der Waals surface area contributed by atoms with E-state index < -0.39 is 15.7 Å². The molecule has 7 heteroatoms. The summed E-state index contributed by atoms with van der Waals surface area (Å²) in [5, 5.41) is 5.46. The maximum atomic E-state index is 13.3. The van der Waals surface area contributed by atoms with E-state index in [1.807, 2.05) is 26.0 Å². The third-order valence-electron chi connectivity index (χ3n) is 3.57. The zero-order chi connectivity index (χ0) is 17.9. The lowest BCUT2D eigenvalue weighted by Gasteiger charge is -2.12. The third-order valence-corrected chi connectivity index (χ3v) is 4.71. The molecule has 0 bridgehead atoms. The standard InChI is InChI=1S/C17H19FN2O3S/c1-11-4-6-14(8-12(11)2)20-17(21)10-19-15-7-5-13(18)9-16(15)24(3,22)23/h4-9,19H,10H2,1-3H3,(H,20,21). The maximum Gasteiger partial charge on any atom is 0.243 e. The number of halogens is 1. The van der Waals surface area contributed by atoms with Crippen molar-refractivity contribution in [2.45, 2.75) is 18.7 Å². The van der Waals surface area contributed by atoms with E-state index in [4.69, 9.17) is 0 Å². The lowest BCUT2D eigenvalue weighted by Crippen LogP contribution is -2.22. The molecule has 0 aliphatic heterocycles. The topological polar surface area (TPSA) is 75.3 Å². The monoisotopic (exact) mass is 350 g/mol. The molecular formula is C17H19FN2O3S. The van der Waals surface area contributed by atoms with Crippen molar-refractivity contribution in [1.82, 2.24) is 0 Å². The van der Waals surface area contributed by atoms with Crippen molar-refractivity contribution in [2.75, 3.05) is 23.4 Å². The highest BCUT2D eigenvalue weighted by Gasteiger charge is 2.15. The van der Waals surface area contributed by atoms with Gasteiger partial charge in [-0.15, -0.1) is 0 Å². The summed E-state index contributed by atoms with van der Waals surface area (Å²) < 4.78 is 36.7. The number of rotatable bonds is 5.